The highest BCUT2D eigenvalue weighted by Crippen LogP contribution is 2.24. The topological polar surface area (TPSA) is 52.7 Å². The zero-order valence-corrected chi connectivity index (χ0v) is 17.0. The molecule has 0 atom stereocenters. The molecule has 0 aliphatic carbocycles. The predicted molar refractivity (Wildman–Crippen MR) is 115 cm³/mol. The van der Waals surface area contributed by atoms with Crippen LogP contribution in [0.25, 0.3) is 0 Å². The van der Waals surface area contributed by atoms with Gasteiger partial charge in [-0.05, 0) is 60.5 Å². The van der Waals surface area contributed by atoms with Gasteiger partial charge in [0.1, 0.15) is 5.82 Å². The quantitative estimate of drug-likeness (QED) is 0.595. The summed E-state index contributed by atoms with van der Waals surface area (Å²) in [5.74, 6) is -3.05. The van der Waals surface area contributed by atoms with Crippen LogP contribution in [0.1, 0.15) is 22.3 Å². The van der Waals surface area contributed by atoms with Crippen LogP contribution in [0.5, 0.6) is 0 Å². The maximum atomic E-state index is 13.8. The highest BCUT2D eigenvalue weighted by molar-refractivity contribution is 6.04. The lowest BCUT2D eigenvalue weighted by molar-refractivity contribution is 0.102. The Bertz CT molecular complexity index is 1150. The van der Waals surface area contributed by atoms with Crippen molar-refractivity contribution >= 4 is 23.3 Å². The molecular weight excluding hydrogens is 419 g/mol. The lowest BCUT2D eigenvalue weighted by atomic mass is 10.1. The smallest absolute Gasteiger partial charge is 0.322 e. The Hall–Kier alpha value is -3.81. The van der Waals surface area contributed by atoms with Gasteiger partial charge in [0, 0.05) is 31.0 Å². The van der Waals surface area contributed by atoms with Gasteiger partial charge < -0.3 is 10.2 Å². The number of carbonyl (C=O) groups is 2. The van der Waals surface area contributed by atoms with Gasteiger partial charge in [0.15, 0.2) is 11.6 Å². The first-order valence-corrected chi connectivity index (χ1v) is 10.1. The van der Waals surface area contributed by atoms with Crippen LogP contribution in [0.2, 0.25) is 0 Å². The maximum absolute atomic E-state index is 13.8. The van der Waals surface area contributed by atoms with Crippen molar-refractivity contribution in [3.05, 3.63) is 95.3 Å². The van der Waals surface area contributed by atoms with Gasteiger partial charge in [-0.25, -0.2) is 18.0 Å². The third-order valence-electron chi connectivity index (χ3n) is 5.22. The van der Waals surface area contributed by atoms with Crippen LogP contribution < -0.4 is 10.2 Å². The molecule has 32 heavy (non-hydrogen) atoms. The molecule has 0 spiro atoms. The fraction of sp³-hybridized carbons (Fsp3) is 0.167. The van der Waals surface area contributed by atoms with Crippen molar-refractivity contribution in [2.24, 2.45) is 0 Å². The summed E-state index contributed by atoms with van der Waals surface area (Å²) >= 11 is 0. The van der Waals surface area contributed by atoms with E-state index in [0.717, 1.165) is 12.1 Å². The minimum atomic E-state index is -0.947. The standard InChI is InChI=1S/C24H20F3N3O2/c25-20-5-2-1-4-19(20)23(31)28-17-7-9-18(10-8-17)30-13-3-12-29(24(30)32)15-16-6-11-21(26)22(27)14-16/h1-2,4-11,14H,3,12-13,15H2,(H,28,31). The molecule has 1 N–H and O–H groups in total. The summed E-state index contributed by atoms with van der Waals surface area (Å²) in [7, 11) is 0. The third kappa shape index (κ3) is 4.59. The second-order valence-electron chi connectivity index (χ2n) is 7.44. The minimum absolute atomic E-state index is 0.0596. The van der Waals surface area contributed by atoms with E-state index in [1.165, 1.54) is 24.3 Å². The molecule has 0 bridgehead atoms. The van der Waals surface area contributed by atoms with Crippen molar-refractivity contribution in [2.75, 3.05) is 23.3 Å². The van der Waals surface area contributed by atoms with Gasteiger partial charge in [0.25, 0.3) is 5.91 Å². The Kier molecular flexibility index (Phi) is 6.11. The Morgan fingerprint density at radius 1 is 0.875 bits per heavy atom. The monoisotopic (exact) mass is 439 g/mol. The van der Waals surface area contributed by atoms with E-state index in [2.05, 4.69) is 5.32 Å². The van der Waals surface area contributed by atoms with Crippen molar-refractivity contribution in [1.82, 2.24) is 4.90 Å². The SMILES string of the molecule is O=C(Nc1ccc(N2CCCN(Cc3ccc(F)c(F)c3)C2=O)cc1)c1ccccc1F. The third-order valence-corrected chi connectivity index (χ3v) is 5.22. The van der Waals surface area contributed by atoms with E-state index in [-0.39, 0.29) is 18.1 Å². The summed E-state index contributed by atoms with van der Waals surface area (Å²) in [5, 5.41) is 2.63. The van der Waals surface area contributed by atoms with E-state index in [4.69, 9.17) is 0 Å². The first-order chi connectivity index (χ1) is 15.4. The lowest BCUT2D eigenvalue weighted by Gasteiger charge is -2.35. The molecule has 1 saturated heterocycles. The van der Waals surface area contributed by atoms with Gasteiger partial charge in [0.2, 0.25) is 0 Å². The van der Waals surface area contributed by atoms with Crippen molar-refractivity contribution in [2.45, 2.75) is 13.0 Å². The molecule has 1 aliphatic rings. The second-order valence-corrected chi connectivity index (χ2v) is 7.44. The van der Waals surface area contributed by atoms with Crippen LogP contribution in [-0.2, 0) is 6.54 Å². The highest BCUT2D eigenvalue weighted by Gasteiger charge is 2.27. The number of nitrogens with one attached hydrogen (secondary N) is 1. The highest BCUT2D eigenvalue weighted by atomic mass is 19.2. The Morgan fingerprint density at radius 3 is 2.34 bits per heavy atom. The summed E-state index contributed by atoms with van der Waals surface area (Å²) in [6, 6.07) is 15.7. The summed E-state index contributed by atoms with van der Waals surface area (Å²) in [6.45, 7) is 1.18. The van der Waals surface area contributed by atoms with E-state index in [1.807, 2.05) is 0 Å². The average Bonchev–Trinajstić information content (AvgIpc) is 2.78. The Morgan fingerprint density at radius 2 is 1.62 bits per heavy atom. The van der Waals surface area contributed by atoms with E-state index in [0.29, 0.717) is 36.4 Å². The van der Waals surface area contributed by atoms with Gasteiger partial charge in [-0.3, -0.25) is 9.69 Å². The van der Waals surface area contributed by atoms with Crippen LogP contribution in [0.15, 0.2) is 66.7 Å². The molecular formula is C24H20F3N3O2. The minimum Gasteiger partial charge on any atom is -0.322 e. The molecule has 0 unspecified atom stereocenters. The fourth-order valence-electron chi connectivity index (χ4n) is 3.59. The van der Waals surface area contributed by atoms with Crippen molar-refractivity contribution < 1.29 is 22.8 Å². The van der Waals surface area contributed by atoms with E-state index in [9.17, 15) is 22.8 Å². The summed E-state index contributed by atoms with van der Waals surface area (Å²) < 4.78 is 40.4. The van der Waals surface area contributed by atoms with Crippen molar-refractivity contribution in [1.29, 1.82) is 0 Å². The molecule has 1 fully saturated rings. The molecule has 3 aromatic rings. The Balaban J connectivity index is 1.44. The molecule has 5 nitrogen and oxygen atoms in total. The lowest BCUT2D eigenvalue weighted by Crippen LogP contribution is -2.49. The van der Waals surface area contributed by atoms with Crippen LogP contribution in [0.3, 0.4) is 0 Å². The van der Waals surface area contributed by atoms with Crippen LogP contribution in [-0.4, -0.2) is 29.9 Å². The molecule has 8 heteroatoms. The van der Waals surface area contributed by atoms with Crippen LogP contribution in [0, 0.1) is 17.5 Å². The van der Waals surface area contributed by atoms with E-state index >= 15 is 0 Å². The van der Waals surface area contributed by atoms with Gasteiger partial charge >= 0.3 is 6.03 Å². The number of halogens is 3. The van der Waals surface area contributed by atoms with E-state index in [1.54, 1.807) is 40.1 Å². The molecule has 1 heterocycles. The molecule has 0 aromatic heterocycles. The molecule has 3 aromatic carbocycles. The van der Waals surface area contributed by atoms with Crippen LogP contribution >= 0.6 is 0 Å². The van der Waals surface area contributed by atoms with Gasteiger partial charge in [-0.1, -0.05) is 18.2 Å². The molecule has 3 amide bonds. The number of hydrogen-bond donors (Lipinski definition) is 1. The number of hydrogen-bond acceptors (Lipinski definition) is 2. The number of rotatable bonds is 5. The van der Waals surface area contributed by atoms with Gasteiger partial charge in [-0.2, -0.15) is 0 Å². The summed E-state index contributed by atoms with van der Waals surface area (Å²) in [6.07, 6.45) is 0.710. The fourth-order valence-corrected chi connectivity index (χ4v) is 3.59. The zero-order chi connectivity index (χ0) is 22.7. The molecule has 0 saturated carbocycles. The number of carbonyl (C=O) groups excluding carboxylic acids is 2. The zero-order valence-electron chi connectivity index (χ0n) is 17.0. The molecule has 1 aliphatic heterocycles. The van der Waals surface area contributed by atoms with Crippen LogP contribution in [0.4, 0.5) is 29.3 Å². The normalized spacial score (nSPS) is 13.9. The molecule has 4 rings (SSSR count). The summed E-state index contributed by atoms with van der Waals surface area (Å²) in [4.78, 5) is 28.4. The number of nitrogens with zero attached hydrogens (tertiary/aromatic N) is 2. The van der Waals surface area contributed by atoms with E-state index < -0.39 is 23.4 Å². The first kappa shape index (κ1) is 21.4. The van der Waals surface area contributed by atoms with Crippen molar-refractivity contribution in [3.63, 3.8) is 0 Å². The Labute approximate surface area is 183 Å². The van der Waals surface area contributed by atoms with Crippen molar-refractivity contribution in [3.8, 4) is 0 Å². The molecule has 164 valence electrons. The average molecular weight is 439 g/mol. The second kappa shape index (κ2) is 9.13. The largest absolute Gasteiger partial charge is 0.324 e. The summed E-state index contributed by atoms with van der Waals surface area (Å²) in [5.41, 5.74) is 1.54. The van der Waals surface area contributed by atoms with Gasteiger partial charge in [-0.15, -0.1) is 0 Å². The van der Waals surface area contributed by atoms with Gasteiger partial charge in [0.05, 0.1) is 5.56 Å². The predicted octanol–water partition coefficient (Wildman–Crippen LogP) is 5.19. The number of benzene rings is 3. The number of urea groups is 1. The maximum Gasteiger partial charge on any atom is 0.324 e. The number of anilines is 2. The number of amides is 3. The molecule has 0 radical (unpaired) electrons. The first-order valence-electron chi connectivity index (χ1n) is 10.1.